The smallest absolute Gasteiger partial charge is 0.331 e. The summed E-state index contributed by atoms with van der Waals surface area (Å²) in [6.45, 7) is -0.0244. The third-order valence-corrected chi connectivity index (χ3v) is 7.61. The van der Waals surface area contributed by atoms with Gasteiger partial charge in [-0.2, -0.15) is 11.8 Å². The number of nitrogens with zero attached hydrogens (tertiary/aromatic N) is 1. The van der Waals surface area contributed by atoms with Gasteiger partial charge in [-0.05, 0) is 19.3 Å². The first-order chi connectivity index (χ1) is 13.8. The van der Waals surface area contributed by atoms with Crippen LogP contribution in [0.15, 0.2) is 0 Å². The van der Waals surface area contributed by atoms with Crippen molar-refractivity contribution in [1.29, 1.82) is 0 Å². The third-order valence-electron chi connectivity index (χ3n) is 5.42. The van der Waals surface area contributed by atoms with E-state index in [2.05, 4.69) is 16.0 Å². The van der Waals surface area contributed by atoms with Gasteiger partial charge in [0.1, 0.15) is 0 Å². The Balaban J connectivity index is 1.96. The van der Waals surface area contributed by atoms with Crippen molar-refractivity contribution < 1.29 is 24.3 Å². The summed E-state index contributed by atoms with van der Waals surface area (Å²) in [5.74, 6) is -1.18. The normalized spacial score (nSPS) is 25.3. The molecule has 0 saturated carbocycles. The van der Waals surface area contributed by atoms with Crippen LogP contribution >= 0.6 is 34.4 Å². The summed E-state index contributed by atoms with van der Waals surface area (Å²) in [6, 6.07) is 0.101. The van der Waals surface area contributed by atoms with Crippen molar-refractivity contribution in [1.82, 2.24) is 20.9 Å². The number of hydrogen-bond acceptors (Lipinski definition) is 7. The molecular weight excluding hydrogens is 513 g/mol. The Morgan fingerprint density at radius 3 is 2.76 bits per heavy atom. The Kier molecular flexibility index (Phi) is 8.97. The summed E-state index contributed by atoms with van der Waals surface area (Å²) >= 11 is 3.69. The molecule has 1 unspecified atom stereocenters. The number of fused-ring (bicyclic) bond motifs is 1. The van der Waals surface area contributed by atoms with E-state index >= 15 is 0 Å². The number of hydrogen-bond donors (Lipinski definition) is 5. The number of carbonyl (C=O) groups excluding carboxylic acids is 3. The van der Waals surface area contributed by atoms with Gasteiger partial charge in [0.05, 0.1) is 23.1 Å². The number of thioether (sulfide) groups is 1. The fourth-order valence-corrected chi connectivity index (χ4v) is 5.78. The minimum Gasteiger partial charge on any atom is -0.480 e. The van der Waals surface area contributed by atoms with Crippen LogP contribution in [0.1, 0.15) is 19.3 Å². The number of carboxylic acid groups (broad SMARTS) is 1. The Bertz CT molecular complexity index is 654. The van der Waals surface area contributed by atoms with Gasteiger partial charge in [-0.3, -0.25) is 14.9 Å². The number of halogens is 1. The van der Waals surface area contributed by atoms with Crippen LogP contribution in [0.25, 0.3) is 0 Å². The number of carbonyl (C=O) groups is 4. The van der Waals surface area contributed by atoms with E-state index in [4.69, 9.17) is 5.73 Å². The lowest BCUT2D eigenvalue weighted by Crippen LogP contribution is -2.61. The Morgan fingerprint density at radius 1 is 1.41 bits per heavy atom. The van der Waals surface area contributed by atoms with Gasteiger partial charge in [0.15, 0.2) is 11.3 Å². The molecule has 0 aromatic rings. The second kappa shape index (κ2) is 10.8. The molecule has 0 aliphatic carbocycles. The van der Waals surface area contributed by atoms with Crippen LogP contribution in [-0.2, 0) is 14.4 Å². The highest BCUT2D eigenvalue weighted by Gasteiger charge is 2.48. The monoisotopic (exact) mass is 541 g/mol. The zero-order chi connectivity index (χ0) is 21.6. The summed E-state index contributed by atoms with van der Waals surface area (Å²) in [7, 11) is 1.77. The number of alkyl halides is 1. The second-order valence-electron chi connectivity index (χ2n) is 7.17. The molecule has 2 saturated heterocycles. The molecular formula is C17H28IN5O5S. The predicted molar refractivity (Wildman–Crippen MR) is 118 cm³/mol. The van der Waals surface area contributed by atoms with Gasteiger partial charge in [-0.15, -0.1) is 0 Å². The molecule has 2 heterocycles. The lowest BCUT2D eigenvalue weighted by Gasteiger charge is -2.30. The largest absolute Gasteiger partial charge is 0.480 e. The van der Waals surface area contributed by atoms with E-state index in [1.54, 1.807) is 23.7 Å². The van der Waals surface area contributed by atoms with Crippen molar-refractivity contribution in [2.24, 2.45) is 5.73 Å². The first-order valence-electron chi connectivity index (χ1n) is 9.46. The van der Waals surface area contributed by atoms with Crippen LogP contribution in [0, 0.1) is 0 Å². The Hall–Kier alpha value is -1.12. The number of rotatable bonds is 12. The first kappa shape index (κ1) is 24.2. The second-order valence-corrected chi connectivity index (χ2v) is 9.20. The molecule has 10 nitrogen and oxygen atoms in total. The van der Waals surface area contributed by atoms with Gasteiger partial charge in [0.25, 0.3) is 0 Å². The maximum absolute atomic E-state index is 12.4. The van der Waals surface area contributed by atoms with Crippen molar-refractivity contribution in [3.63, 3.8) is 0 Å². The van der Waals surface area contributed by atoms with Crippen LogP contribution in [0.5, 0.6) is 0 Å². The molecule has 0 radical (unpaired) electrons. The molecule has 2 fully saturated rings. The van der Waals surface area contributed by atoms with Crippen LogP contribution in [0.4, 0.5) is 4.79 Å². The van der Waals surface area contributed by atoms with Crippen molar-refractivity contribution >= 4 is 58.0 Å². The number of Topliss-reactive ketones (excluding diaryl/α,β-unsaturated/α-hetero) is 1. The SMILES string of the molecule is CN1C(=O)N[C@H]2CS[C@@H](CCCC(NCCNC(=O)CI)(C(=O)O)C(=O)CN)[C@H]21. The lowest BCUT2D eigenvalue weighted by atomic mass is 9.86. The molecule has 2 rings (SSSR count). The molecule has 2 aliphatic heterocycles. The minimum atomic E-state index is -1.78. The molecule has 3 amide bonds. The molecule has 0 aromatic heterocycles. The number of carboxylic acids is 1. The minimum absolute atomic E-state index is 0.0772. The average molecular weight is 541 g/mol. The van der Waals surface area contributed by atoms with E-state index in [-0.39, 0.29) is 55.3 Å². The van der Waals surface area contributed by atoms with Crippen LogP contribution < -0.4 is 21.7 Å². The first-order valence-corrected chi connectivity index (χ1v) is 12.0. The summed E-state index contributed by atoms with van der Waals surface area (Å²) in [6.07, 6.45) is 1.28. The maximum Gasteiger partial charge on any atom is 0.331 e. The fraction of sp³-hybridized carbons (Fsp3) is 0.765. The van der Waals surface area contributed by atoms with Gasteiger partial charge in [-0.25, -0.2) is 9.59 Å². The summed E-state index contributed by atoms with van der Waals surface area (Å²) in [5, 5.41) is 18.4. The van der Waals surface area contributed by atoms with Crippen molar-refractivity contribution in [2.75, 3.05) is 36.9 Å². The molecule has 164 valence electrons. The van der Waals surface area contributed by atoms with E-state index in [0.29, 0.717) is 17.3 Å². The van der Waals surface area contributed by atoms with Crippen LogP contribution in [0.3, 0.4) is 0 Å². The van der Waals surface area contributed by atoms with E-state index < -0.39 is 17.3 Å². The molecule has 2 aliphatic rings. The van der Waals surface area contributed by atoms with Gasteiger partial charge in [0.2, 0.25) is 5.91 Å². The van der Waals surface area contributed by atoms with Gasteiger partial charge in [-0.1, -0.05) is 22.6 Å². The van der Waals surface area contributed by atoms with E-state index in [1.807, 2.05) is 22.6 Å². The lowest BCUT2D eigenvalue weighted by molar-refractivity contribution is -0.150. The number of ketones is 1. The van der Waals surface area contributed by atoms with Crippen LogP contribution in [-0.4, -0.2) is 93.4 Å². The number of nitrogens with one attached hydrogen (secondary N) is 3. The molecule has 0 aromatic carbocycles. The number of aliphatic carboxylic acids is 1. The molecule has 6 N–H and O–H groups in total. The van der Waals surface area contributed by atoms with E-state index in [9.17, 15) is 24.3 Å². The highest BCUT2D eigenvalue weighted by atomic mass is 127. The highest BCUT2D eigenvalue weighted by molar-refractivity contribution is 14.1. The van der Waals surface area contributed by atoms with Crippen molar-refractivity contribution in [3.05, 3.63) is 0 Å². The molecule has 29 heavy (non-hydrogen) atoms. The van der Waals surface area contributed by atoms with Crippen LogP contribution in [0.2, 0.25) is 0 Å². The zero-order valence-electron chi connectivity index (χ0n) is 16.3. The Morgan fingerprint density at radius 2 is 2.14 bits per heavy atom. The number of urea groups is 1. The standard InChI is InChI=1S/C17H28IN5O5S/c1-23-14-10(22-16(23)28)9-29-11(14)3-2-4-17(15(26)27,12(24)8-19)21-6-5-20-13(25)7-18/h10-11,14,21H,2-9,19H2,1H3,(H,20,25)(H,22,28)(H,26,27)/t10-,11-,14-,17?/m0/s1. The predicted octanol–water partition coefficient (Wildman–Crippen LogP) is -0.844. The summed E-state index contributed by atoms with van der Waals surface area (Å²) in [4.78, 5) is 49.3. The summed E-state index contributed by atoms with van der Waals surface area (Å²) < 4.78 is 0.302. The molecule has 4 atom stereocenters. The fourth-order valence-electron chi connectivity index (χ4n) is 3.88. The number of likely N-dealkylation sites (N-methyl/N-ethyl adjacent to an activating group) is 1. The van der Waals surface area contributed by atoms with Gasteiger partial charge >= 0.3 is 12.0 Å². The van der Waals surface area contributed by atoms with E-state index in [0.717, 1.165) is 5.75 Å². The maximum atomic E-state index is 12.4. The summed E-state index contributed by atoms with van der Waals surface area (Å²) in [5.41, 5.74) is 3.71. The molecule has 0 spiro atoms. The van der Waals surface area contributed by atoms with Crippen molar-refractivity contribution in [2.45, 2.75) is 42.1 Å². The zero-order valence-corrected chi connectivity index (χ0v) is 19.3. The average Bonchev–Trinajstić information content (AvgIpc) is 3.22. The third kappa shape index (κ3) is 5.52. The number of amides is 3. The number of nitrogens with two attached hydrogens (primary N) is 1. The Labute approximate surface area is 187 Å². The quantitative estimate of drug-likeness (QED) is 0.0705. The topological polar surface area (TPSA) is 154 Å². The van der Waals surface area contributed by atoms with Crippen molar-refractivity contribution in [3.8, 4) is 0 Å². The van der Waals surface area contributed by atoms with Gasteiger partial charge in [0, 0.05) is 31.1 Å². The molecule has 0 bridgehead atoms. The van der Waals surface area contributed by atoms with E-state index in [1.165, 1.54) is 0 Å². The van der Waals surface area contributed by atoms with Gasteiger partial charge < -0.3 is 26.4 Å². The highest BCUT2D eigenvalue weighted by Crippen LogP contribution is 2.37. The molecule has 12 heteroatoms.